The lowest BCUT2D eigenvalue weighted by Gasteiger charge is -2.21. The molecule has 0 amide bonds. The third-order valence-electron chi connectivity index (χ3n) is 1.99. The van der Waals surface area contributed by atoms with Crippen LogP contribution in [-0.4, -0.2) is 34.0 Å². The van der Waals surface area contributed by atoms with Gasteiger partial charge in [0.15, 0.2) is 0 Å². The number of hydrogen-bond donors (Lipinski definition) is 2. The van der Waals surface area contributed by atoms with E-state index in [0.29, 0.717) is 6.42 Å². The van der Waals surface area contributed by atoms with E-state index in [2.05, 4.69) is 0 Å². The summed E-state index contributed by atoms with van der Waals surface area (Å²) in [5.74, 6) is -0.427. The quantitative estimate of drug-likeness (QED) is 0.683. The molecule has 2 N–H and O–H groups in total. The summed E-state index contributed by atoms with van der Waals surface area (Å²) in [7, 11) is 0. The molecule has 0 heterocycles. The maximum atomic E-state index is 11.3. The Morgan fingerprint density at radius 3 is 2.25 bits per heavy atom. The number of hydrogen-bond acceptors (Lipinski definition) is 4. The van der Waals surface area contributed by atoms with E-state index in [1.54, 1.807) is 20.8 Å². The van der Waals surface area contributed by atoms with Crippen LogP contribution in [0.15, 0.2) is 0 Å². The molecule has 0 fully saturated rings. The molecule has 0 rings (SSSR count). The fourth-order valence-electron chi connectivity index (χ4n) is 1.42. The van der Waals surface area contributed by atoms with E-state index in [9.17, 15) is 15.0 Å². The van der Waals surface area contributed by atoms with Gasteiger partial charge >= 0.3 is 5.97 Å². The van der Waals surface area contributed by atoms with Gasteiger partial charge in [0.1, 0.15) is 5.60 Å². The van der Waals surface area contributed by atoms with Crippen LogP contribution in [0.1, 0.15) is 53.4 Å². The molecule has 0 aliphatic heterocycles. The minimum Gasteiger partial charge on any atom is -0.460 e. The fourth-order valence-corrected chi connectivity index (χ4v) is 1.42. The highest BCUT2D eigenvalue weighted by molar-refractivity contribution is 5.70. The maximum Gasteiger partial charge on any atom is 0.308 e. The fraction of sp³-hybridized carbons (Fsp3) is 0.917. The highest BCUT2D eigenvalue weighted by atomic mass is 16.6. The van der Waals surface area contributed by atoms with Crippen molar-refractivity contribution in [3.05, 3.63) is 0 Å². The molecule has 0 aromatic rings. The van der Waals surface area contributed by atoms with E-state index >= 15 is 0 Å². The Morgan fingerprint density at radius 1 is 1.25 bits per heavy atom. The van der Waals surface area contributed by atoms with Crippen LogP contribution in [0.5, 0.6) is 0 Å². The Kier molecular flexibility index (Phi) is 6.60. The summed E-state index contributed by atoms with van der Waals surface area (Å²) in [6.45, 7) is 7.30. The Balaban J connectivity index is 3.87. The van der Waals surface area contributed by atoms with Gasteiger partial charge in [-0.2, -0.15) is 0 Å². The number of aliphatic hydroxyl groups excluding tert-OH is 2. The van der Waals surface area contributed by atoms with Crippen molar-refractivity contribution < 1.29 is 19.7 Å². The number of carbonyl (C=O) groups excluding carboxylic acids is 1. The van der Waals surface area contributed by atoms with Gasteiger partial charge in [-0.25, -0.2) is 0 Å². The molecule has 4 heteroatoms. The second kappa shape index (κ2) is 6.86. The monoisotopic (exact) mass is 232 g/mol. The molecule has 0 aliphatic rings. The number of rotatable bonds is 6. The van der Waals surface area contributed by atoms with Gasteiger partial charge in [0.05, 0.1) is 18.6 Å². The van der Waals surface area contributed by atoms with Crippen LogP contribution in [0.4, 0.5) is 0 Å². The van der Waals surface area contributed by atoms with Crippen LogP contribution >= 0.6 is 0 Å². The zero-order valence-corrected chi connectivity index (χ0v) is 10.7. The number of esters is 1. The van der Waals surface area contributed by atoms with Crippen LogP contribution in [0.2, 0.25) is 0 Å². The molecule has 2 atom stereocenters. The molecule has 0 unspecified atom stereocenters. The Morgan fingerprint density at radius 2 is 1.81 bits per heavy atom. The standard InChI is InChI=1S/C12H24O4/c1-5-6-9(13)7-10(14)8-11(15)16-12(2,3)4/h9-10,13-14H,5-8H2,1-4H3/t9-,10-/m1/s1. The smallest absolute Gasteiger partial charge is 0.308 e. The predicted octanol–water partition coefficient (Wildman–Crippen LogP) is 1.63. The Hall–Kier alpha value is -0.610. The van der Waals surface area contributed by atoms with Gasteiger partial charge in [0, 0.05) is 0 Å². The van der Waals surface area contributed by atoms with Gasteiger partial charge in [-0.3, -0.25) is 4.79 Å². The van der Waals surface area contributed by atoms with Crippen molar-refractivity contribution in [2.45, 2.75) is 71.2 Å². The average Bonchev–Trinajstić information content (AvgIpc) is 1.98. The molecule has 0 aliphatic carbocycles. The van der Waals surface area contributed by atoms with E-state index in [0.717, 1.165) is 6.42 Å². The van der Waals surface area contributed by atoms with Crippen LogP contribution in [0, 0.1) is 0 Å². The van der Waals surface area contributed by atoms with Gasteiger partial charge in [0.25, 0.3) is 0 Å². The number of aliphatic hydroxyl groups is 2. The van der Waals surface area contributed by atoms with Crippen molar-refractivity contribution >= 4 is 5.97 Å². The first-order valence-electron chi connectivity index (χ1n) is 5.82. The third-order valence-corrected chi connectivity index (χ3v) is 1.99. The largest absolute Gasteiger partial charge is 0.460 e. The molecular formula is C12H24O4. The molecule has 0 radical (unpaired) electrons. The van der Waals surface area contributed by atoms with Crippen molar-refractivity contribution in [3.8, 4) is 0 Å². The second-order valence-corrected chi connectivity index (χ2v) is 5.12. The molecule has 96 valence electrons. The summed E-state index contributed by atoms with van der Waals surface area (Å²) in [5, 5.41) is 19.0. The summed E-state index contributed by atoms with van der Waals surface area (Å²) in [4.78, 5) is 11.3. The lowest BCUT2D eigenvalue weighted by atomic mass is 10.1. The van der Waals surface area contributed by atoms with Gasteiger partial charge in [0.2, 0.25) is 0 Å². The third kappa shape index (κ3) is 8.68. The summed E-state index contributed by atoms with van der Waals surface area (Å²) in [5.41, 5.74) is -0.529. The van der Waals surface area contributed by atoms with Crippen molar-refractivity contribution in [1.29, 1.82) is 0 Å². The first-order chi connectivity index (χ1) is 7.24. The highest BCUT2D eigenvalue weighted by Crippen LogP contribution is 2.12. The van der Waals surface area contributed by atoms with E-state index in [1.807, 2.05) is 6.92 Å². The van der Waals surface area contributed by atoms with E-state index in [4.69, 9.17) is 4.74 Å². The van der Waals surface area contributed by atoms with Gasteiger partial charge in [-0.1, -0.05) is 13.3 Å². The number of carbonyl (C=O) groups is 1. The van der Waals surface area contributed by atoms with Crippen molar-refractivity contribution in [2.24, 2.45) is 0 Å². The predicted molar refractivity (Wildman–Crippen MR) is 62.0 cm³/mol. The second-order valence-electron chi connectivity index (χ2n) is 5.12. The van der Waals surface area contributed by atoms with E-state index < -0.39 is 23.8 Å². The number of ether oxygens (including phenoxy) is 1. The lowest BCUT2D eigenvalue weighted by molar-refractivity contribution is -0.157. The topological polar surface area (TPSA) is 66.8 Å². The lowest BCUT2D eigenvalue weighted by Crippen LogP contribution is -2.28. The first kappa shape index (κ1) is 15.4. The minimum atomic E-state index is -0.823. The van der Waals surface area contributed by atoms with Crippen molar-refractivity contribution in [1.82, 2.24) is 0 Å². The maximum absolute atomic E-state index is 11.3. The van der Waals surface area contributed by atoms with Crippen LogP contribution < -0.4 is 0 Å². The van der Waals surface area contributed by atoms with Crippen LogP contribution in [-0.2, 0) is 9.53 Å². The molecule has 0 saturated carbocycles. The van der Waals surface area contributed by atoms with Crippen LogP contribution in [0.25, 0.3) is 0 Å². The first-order valence-corrected chi connectivity index (χ1v) is 5.82. The zero-order valence-electron chi connectivity index (χ0n) is 10.7. The van der Waals surface area contributed by atoms with Gasteiger partial charge < -0.3 is 14.9 Å². The Labute approximate surface area is 97.6 Å². The molecule has 16 heavy (non-hydrogen) atoms. The summed E-state index contributed by atoms with van der Waals surface area (Å²) in [6.07, 6.45) is 0.315. The van der Waals surface area contributed by atoms with E-state index in [1.165, 1.54) is 0 Å². The molecule has 0 bridgehead atoms. The molecule has 4 nitrogen and oxygen atoms in total. The summed E-state index contributed by atoms with van der Waals surface area (Å²) >= 11 is 0. The van der Waals surface area contributed by atoms with Gasteiger partial charge in [-0.15, -0.1) is 0 Å². The Bertz CT molecular complexity index is 208. The molecule has 0 saturated heterocycles. The minimum absolute atomic E-state index is 0.0575. The average molecular weight is 232 g/mol. The summed E-state index contributed by atoms with van der Waals surface area (Å²) in [6, 6.07) is 0. The zero-order chi connectivity index (χ0) is 12.8. The molecule has 0 aromatic carbocycles. The SMILES string of the molecule is CCC[C@@H](O)C[C@@H](O)CC(=O)OC(C)(C)C. The van der Waals surface area contributed by atoms with Gasteiger partial charge in [-0.05, 0) is 33.6 Å². The highest BCUT2D eigenvalue weighted by Gasteiger charge is 2.20. The van der Waals surface area contributed by atoms with Crippen molar-refractivity contribution in [3.63, 3.8) is 0 Å². The van der Waals surface area contributed by atoms with Crippen molar-refractivity contribution in [2.75, 3.05) is 0 Å². The molecule has 0 aromatic heterocycles. The van der Waals surface area contributed by atoms with Crippen LogP contribution in [0.3, 0.4) is 0 Å². The molecular weight excluding hydrogens is 208 g/mol. The molecule has 0 spiro atoms. The summed E-state index contributed by atoms with van der Waals surface area (Å²) < 4.78 is 5.07. The van der Waals surface area contributed by atoms with E-state index in [-0.39, 0.29) is 12.8 Å². The normalized spacial score (nSPS) is 15.6.